The summed E-state index contributed by atoms with van der Waals surface area (Å²) in [7, 11) is 0. The molecular weight excluding hydrogens is 282 g/mol. The lowest BCUT2D eigenvalue weighted by atomic mass is 9.78. The molecule has 1 saturated carbocycles. The van der Waals surface area contributed by atoms with Gasteiger partial charge in [0, 0.05) is 22.2 Å². The van der Waals surface area contributed by atoms with Crippen molar-refractivity contribution in [3.05, 3.63) is 28.2 Å². The largest absolute Gasteiger partial charge is 0.383 e. The molecule has 1 aliphatic carbocycles. The molecule has 1 amide bonds. The second kappa shape index (κ2) is 4.66. The summed E-state index contributed by atoms with van der Waals surface area (Å²) in [5, 5.41) is 3.22. The summed E-state index contributed by atoms with van der Waals surface area (Å²) < 4.78 is 0.907. The molecule has 0 unspecified atom stereocenters. The van der Waals surface area contributed by atoms with Gasteiger partial charge in [0.15, 0.2) is 0 Å². The summed E-state index contributed by atoms with van der Waals surface area (Å²) >= 11 is 3.37. The first-order valence-electron chi connectivity index (χ1n) is 5.62. The Balaban J connectivity index is 2.13. The molecule has 0 radical (unpaired) electrons. The van der Waals surface area contributed by atoms with E-state index in [4.69, 9.17) is 11.5 Å². The molecule has 92 valence electrons. The number of nitrogens with one attached hydrogen (secondary N) is 1. The van der Waals surface area contributed by atoms with Crippen LogP contribution >= 0.6 is 15.9 Å². The van der Waals surface area contributed by atoms with Crippen molar-refractivity contribution in [3.63, 3.8) is 0 Å². The maximum absolute atomic E-state index is 11.3. The quantitative estimate of drug-likeness (QED) is 0.793. The first-order valence-corrected chi connectivity index (χ1v) is 6.42. The number of carbonyl (C=O) groups excluding carboxylic acids is 1. The van der Waals surface area contributed by atoms with Crippen molar-refractivity contribution < 1.29 is 4.79 Å². The summed E-state index contributed by atoms with van der Waals surface area (Å²) in [6.07, 6.45) is 3.24. The average Bonchev–Trinajstić information content (AvgIpc) is 2.23. The van der Waals surface area contributed by atoms with Crippen LogP contribution in [0.2, 0.25) is 0 Å². The average molecular weight is 298 g/mol. The van der Waals surface area contributed by atoms with E-state index in [-0.39, 0.29) is 5.54 Å². The highest BCUT2D eigenvalue weighted by Gasteiger charge is 2.32. The van der Waals surface area contributed by atoms with Crippen LogP contribution in [-0.4, -0.2) is 18.0 Å². The monoisotopic (exact) mass is 297 g/mol. The zero-order valence-corrected chi connectivity index (χ0v) is 11.1. The first-order chi connectivity index (χ1) is 8.00. The van der Waals surface area contributed by atoms with E-state index in [0.717, 1.165) is 23.0 Å². The predicted octanol–water partition coefficient (Wildman–Crippen LogP) is 1.84. The molecule has 5 heteroatoms. The molecule has 1 aromatic rings. The maximum Gasteiger partial charge on any atom is 0.250 e. The molecule has 1 aliphatic rings. The number of benzene rings is 1. The molecule has 4 nitrogen and oxygen atoms in total. The van der Waals surface area contributed by atoms with Crippen LogP contribution in [0.1, 0.15) is 29.6 Å². The van der Waals surface area contributed by atoms with Crippen LogP contribution in [0.4, 0.5) is 5.69 Å². The molecule has 0 atom stereocenters. The minimum absolute atomic E-state index is 0.128. The smallest absolute Gasteiger partial charge is 0.250 e. The Hall–Kier alpha value is -1.07. The second-order valence-electron chi connectivity index (χ2n) is 4.62. The number of carbonyl (C=O) groups is 1. The standard InChI is InChI=1S/C12H16BrN3O/c13-8-2-3-9(11(14)17)10(6-8)16-7-12(15)4-1-5-12/h2-3,6,16H,1,4-5,7,15H2,(H2,14,17). The fourth-order valence-corrected chi connectivity index (χ4v) is 2.32. The Bertz CT molecular complexity index is 443. The van der Waals surface area contributed by atoms with Gasteiger partial charge in [0.1, 0.15) is 0 Å². The molecule has 1 fully saturated rings. The van der Waals surface area contributed by atoms with E-state index >= 15 is 0 Å². The van der Waals surface area contributed by atoms with Crippen molar-refractivity contribution in [2.75, 3.05) is 11.9 Å². The van der Waals surface area contributed by atoms with Crippen molar-refractivity contribution in [2.45, 2.75) is 24.8 Å². The molecule has 0 aromatic heterocycles. The highest BCUT2D eigenvalue weighted by molar-refractivity contribution is 9.10. The van der Waals surface area contributed by atoms with Crippen LogP contribution < -0.4 is 16.8 Å². The third-order valence-electron chi connectivity index (χ3n) is 3.23. The Morgan fingerprint density at radius 1 is 1.47 bits per heavy atom. The number of anilines is 1. The maximum atomic E-state index is 11.3. The van der Waals surface area contributed by atoms with Crippen LogP contribution in [-0.2, 0) is 0 Å². The lowest BCUT2D eigenvalue weighted by Crippen LogP contribution is -2.52. The van der Waals surface area contributed by atoms with Crippen LogP contribution in [0.25, 0.3) is 0 Å². The van der Waals surface area contributed by atoms with E-state index in [1.165, 1.54) is 6.42 Å². The van der Waals surface area contributed by atoms with Crippen LogP contribution in [0.3, 0.4) is 0 Å². The highest BCUT2D eigenvalue weighted by Crippen LogP contribution is 2.30. The van der Waals surface area contributed by atoms with E-state index in [1.54, 1.807) is 12.1 Å². The summed E-state index contributed by atoms with van der Waals surface area (Å²) in [5.74, 6) is -0.431. The van der Waals surface area contributed by atoms with Gasteiger partial charge in [-0.15, -0.1) is 0 Å². The van der Waals surface area contributed by atoms with E-state index in [2.05, 4.69) is 21.2 Å². The Morgan fingerprint density at radius 3 is 2.71 bits per heavy atom. The topological polar surface area (TPSA) is 81.1 Å². The van der Waals surface area contributed by atoms with Gasteiger partial charge >= 0.3 is 0 Å². The van der Waals surface area contributed by atoms with Crippen LogP contribution in [0.15, 0.2) is 22.7 Å². The van der Waals surface area contributed by atoms with Crippen molar-refractivity contribution in [1.82, 2.24) is 0 Å². The summed E-state index contributed by atoms with van der Waals surface area (Å²) in [6, 6.07) is 5.35. The zero-order valence-electron chi connectivity index (χ0n) is 9.50. The molecule has 0 bridgehead atoms. The van der Waals surface area contributed by atoms with Gasteiger partial charge < -0.3 is 16.8 Å². The van der Waals surface area contributed by atoms with Gasteiger partial charge in [0.25, 0.3) is 5.91 Å². The fraction of sp³-hybridized carbons (Fsp3) is 0.417. The van der Waals surface area contributed by atoms with E-state index in [1.807, 2.05) is 6.07 Å². The Morgan fingerprint density at radius 2 is 2.18 bits per heavy atom. The van der Waals surface area contributed by atoms with Crippen molar-refractivity contribution in [1.29, 1.82) is 0 Å². The second-order valence-corrected chi connectivity index (χ2v) is 5.54. The Kier molecular flexibility index (Phi) is 3.40. The zero-order chi connectivity index (χ0) is 12.5. The van der Waals surface area contributed by atoms with Gasteiger partial charge in [-0.25, -0.2) is 0 Å². The number of halogens is 1. The van der Waals surface area contributed by atoms with Gasteiger partial charge in [0.05, 0.1) is 5.56 Å². The molecule has 0 aliphatic heterocycles. The molecule has 5 N–H and O–H groups in total. The first kappa shape index (κ1) is 12.4. The van der Waals surface area contributed by atoms with E-state index < -0.39 is 5.91 Å². The predicted molar refractivity (Wildman–Crippen MR) is 71.9 cm³/mol. The van der Waals surface area contributed by atoms with Gasteiger partial charge in [-0.1, -0.05) is 15.9 Å². The SMILES string of the molecule is NC(=O)c1ccc(Br)cc1NCC1(N)CCC1. The van der Waals surface area contributed by atoms with Gasteiger partial charge in [-0.05, 0) is 37.5 Å². The summed E-state index contributed by atoms with van der Waals surface area (Å²) in [6.45, 7) is 0.670. The van der Waals surface area contributed by atoms with Crippen LogP contribution in [0, 0.1) is 0 Å². The lowest BCUT2D eigenvalue weighted by Gasteiger charge is -2.38. The summed E-state index contributed by atoms with van der Waals surface area (Å²) in [4.78, 5) is 11.3. The molecule has 0 saturated heterocycles. The number of hydrogen-bond acceptors (Lipinski definition) is 3. The van der Waals surface area contributed by atoms with Crippen LogP contribution in [0.5, 0.6) is 0 Å². The molecule has 17 heavy (non-hydrogen) atoms. The number of nitrogens with two attached hydrogens (primary N) is 2. The van der Waals surface area contributed by atoms with E-state index in [9.17, 15) is 4.79 Å². The minimum Gasteiger partial charge on any atom is -0.383 e. The third kappa shape index (κ3) is 2.79. The molecule has 1 aromatic carbocycles. The fourth-order valence-electron chi connectivity index (χ4n) is 1.96. The van der Waals surface area contributed by atoms with Crippen molar-refractivity contribution in [2.24, 2.45) is 11.5 Å². The molecule has 2 rings (SSSR count). The molecule has 0 heterocycles. The summed E-state index contributed by atoms with van der Waals surface area (Å²) in [5.41, 5.74) is 12.6. The third-order valence-corrected chi connectivity index (χ3v) is 3.72. The van der Waals surface area contributed by atoms with E-state index in [0.29, 0.717) is 12.1 Å². The Labute approximate surface area is 109 Å². The van der Waals surface area contributed by atoms with Crippen molar-refractivity contribution >= 4 is 27.5 Å². The minimum atomic E-state index is -0.431. The van der Waals surface area contributed by atoms with Gasteiger partial charge in [-0.2, -0.15) is 0 Å². The number of rotatable bonds is 4. The normalized spacial score (nSPS) is 17.3. The van der Waals surface area contributed by atoms with Gasteiger partial charge in [-0.3, -0.25) is 4.79 Å². The number of amides is 1. The highest BCUT2D eigenvalue weighted by atomic mass is 79.9. The molecule has 0 spiro atoms. The molecular formula is C12H16BrN3O. The lowest BCUT2D eigenvalue weighted by molar-refractivity contribution is 0.100. The van der Waals surface area contributed by atoms with Gasteiger partial charge in [0.2, 0.25) is 0 Å². The number of primary amides is 1. The van der Waals surface area contributed by atoms with Crippen molar-refractivity contribution in [3.8, 4) is 0 Å². The number of hydrogen-bond donors (Lipinski definition) is 3.